The van der Waals surface area contributed by atoms with Crippen molar-refractivity contribution >= 4 is 0 Å². The number of methoxy groups -OCH3 is 3. The Morgan fingerprint density at radius 1 is 1.04 bits per heavy atom. The lowest BCUT2D eigenvalue weighted by atomic mass is 9.93. The van der Waals surface area contributed by atoms with Gasteiger partial charge in [-0.3, -0.25) is 4.90 Å². The molecule has 1 saturated heterocycles. The molecule has 0 atom stereocenters. The van der Waals surface area contributed by atoms with Gasteiger partial charge in [0.25, 0.3) is 0 Å². The zero-order valence-corrected chi connectivity index (χ0v) is 14.9. The topological polar surface area (TPSA) is 43.0 Å². The molecule has 0 saturated carbocycles. The molecule has 0 radical (unpaired) electrons. The molecule has 0 aliphatic carbocycles. The summed E-state index contributed by atoms with van der Waals surface area (Å²) in [5.41, 5.74) is 1.15. The number of hydrogen-bond donors (Lipinski definition) is 1. The Bertz CT molecular complexity index is 485. The molecule has 1 aromatic rings. The van der Waals surface area contributed by atoms with E-state index in [-0.39, 0.29) is 0 Å². The van der Waals surface area contributed by atoms with Crippen molar-refractivity contribution in [2.45, 2.75) is 25.8 Å². The summed E-state index contributed by atoms with van der Waals surface area (Å²) in [5.74, 6) is 3.02. The lowest BCUT2D eigenvalue weighted by Crippen LogP contribution is -2.34. The zero-order chi connectivity index (χ0) is 16.7. The molecule has 1 aromatic carbocycles. The minimum atomic E-state index is 0.677. The first-order chi connectivity index (χ1) is 11.2. The van der Waals surface area contributed by atoms with Crippen molar-refractivity contribution in [2.75, 3.05) is 48.0 Å². The standard InChI is InChI=1S/C18H30N2O3/c1-19-10-7-14-8-11-20(12-9-14)13-15-5-6-16(21-2)18(23-4)17(15)22-3/h5-6,14,19H,7-13H2,1-4H3. The van der Waals surface area contributed by atoms with Gasteiger partial charge in [0.2, 0.25) is 5.75 Å². The van der Waals surface area contributed by atoms with Gasteiger partial charge < -0.3 is 19.5 Å². The van der Waals surface area contributed by atoms with Crippen LogP contribution in [0.15, 0.2) is 12.1 Å². The van der Waals surface area contributed by atoms with E-state index in [1.807, 2.05) is 13.1 Å². The first kappa shape index (κ1) is 17.9. The second-order valence-electron chi connectivity index (χ2n) is 6.11. The predicted octanol–water partition coefficient (Wildman–Crippen LogP) is 2.53. The van der Waals surface area contributed by atoms with Crippen molar-refractivity contribution in [2.24, 2.45) is 5.92 Å². The normalized spacial score (nSPS) is 16.3. The minimum Gasteiger partial charge on any atom is -0.493 e. The second kappa shape index (κ2) is 8.99. The van der Waals surface area contributed by atoms with E-state index >= 15 is 0 Å². The largest absolute Gasteiger partial charge is 0.493 e. The van der Waals surface area contributed by atoms with Crippen LogP contribution >= 0.6 is 0 Å². The maximum Gasteiger partial charge on any atom is 0.203 e. The summed E-state index contributed by atoms with van der Waals surface area (Å²) in [7, 11) is 7.01. The van der Waals surface area contributed by atoms with Gasteiger partial charge in [-0.15, -0.1) is 0 Å². The Kier molecular flexibility index (Phi) is 6.99. The molecule has 0 bridgehead atoms. The summed E-state index contributed by atoms with van der Waals surface area (Å²) in [6, 6.07) is 4.03. The summed E-state index contributed by atoms with van der Waals surface area (Å²) in [5, 5.41) is 3.25. The van der Waals surface area contributed by atoms with Crippen molar-refractivity contribution in [1.82, 2.24) is 10.2 Å². The van der Waals surface area contributed by atoms with Gasteiger partial charge >= 0.3 is 0 Å². The Hall–Kier alpha value is -1.46. The van der Waals surface area contributed by atoms with Crippen LogP contribution < -0.4 is 19.5 Å². The number of likely N-dealkylation sites (tertiary alicyclic amines) is 1. The Morgan fingerprint density at radius 2 is 1.74 bits per heavy atom. The highest BCUT2D eigenvalue weighted by atomic mass is 16.5. The Morgan fingerprint density at radius 3 is 2.30 bits per heavy atom. The highest BCUT2D eigenvalue weighted by molar-refractivity contribution is 5.55. The summed E-state index contributed by atoms with van der Waals surface area (Å²) < 4.78 is 16.4. The van der Waals surface area contributed by atoms with Crippen molar-refractivity contribution in [3.63, 3.8) is 0 Å². The molecule has 0 spiro atoms. The van der Waals surface area contributed by atoms with Gasteiger partial charge in [0.05, 0.1) is 21.3 Å². The van der Waals surface area contributed by atoms with Crippen molar-refractivity contribution in [1.29, 1.82) is 0 Å². The van der Waals surface area contributed by atoms with Gasteiger partial charge in [-0.1, -0.05) is 6.07 Å². The predicted molar refractivity (Wildman–Crippen MR) is 92.6 cm³/mol. The molecule has 0 unspecified atom stereocenters. The number of nitrogens with zero attached hydrogens (tertiary/aromatic N) is 1. The molecule has 2 rings (SSSR count). The van der Waals surface area contributed by atoms with Gasteiger partial charge in [0, 0.05) is 12.1 Å². The molecule has 1 heterocycles. The van der Waals surface area contributed by atoms with E-state index in [1.54, 1.807) is 21.3 Å². The van der Waals surface area contributed by atoms with Crippen molar-refractivity contribution in [3.05, 3.63) is 17.7 Å². The van der Waals surface area contributed by atoms with Crippen LogP contribution in [0.4, 0.5) is 0 Å². The number of rotatable bonds is 8. The summed E-state index contributed by atoms with van der Waals surface area (Å²) in [6.45, 7) is 4.30. The van der Waals surface area contributed by atoms with E-state index in [2.05, 4.69) is 16.3 Å². The maximum absolute atomic E-state index is 5.59. The summed E-state index contributed by atoms with van der Waals surface area (Å²) in [6.07, 6.45) is 3.83. The monoisotopic (exact) mass is 322 g/mol. The average molecular weight is 322 g/mol. The van der Waals surface area contributed by atoms with Gasteiger partial charge in [-0.2, -0.15) is 0 Å². The minimum absolute atomic E-state index is 0.677. The van der Waals surface area contributed by atoms with Crippen LogP contribution in [-0.4, -0.2) is 52.9 Å². The van der Waals surface area contributed by atoms with Gasteiger partial charge in [0.1, 0.15) is 0 Å². The lowest BCUT2D eigenvalue weighted by molar-refractivity contribution is 0.170. The molecule has 5 heteroatoms. The Labute approximate surface area is 139 Å². The average Bonchev–Trinajstić information content (AvgIpc) is 2.60. The third-order valence-corrected chi connectivity index (χ3v) is 4.69. The number of piperidine rings is 1. The van der Waals surface area contributed by atoms with Crippen LogP contribution in [0.1, 0.15) is 24.8 Å². The first-order valence-corrected chi connectivity index (χ1v) is 8.38. The van der Waals surface area contributed by atoms with E-state index in [9.17, 15) is 0 Å². The lowest BCUT2D eigenvalue weighted by Gasteiger charge is -2.32. The molecule has 1 aliphatic heterocycles. The zero-order valence-electron chi connectivity index (χ0n) is 14.9. The van der Waals surface area contributed by atoms with Crippen LogP contribution in [0.25, 0.3) is 0 Å². The molecule has 23 heavy (non-hydrogen) atoms. The number of hydrogen-bond acceptors (Lipinski definition) is 5. The maximum atomic E-state index is 5.59. The molecule has 5 nitrogen and oxygen atoms in total. The summed E-state index contributed by atoms with van der Waals surface area (Å²) in [4.78, 5) is 2.50. The molecular weight excluding hydrogens is 292 g/mol. The molecule has 1 N–H and O–H groups in total. The molecular formula is C18H30N2O3. The van der Waals surface area contributed by atoms with Crippen molar-refractivity contribution in [3.8, 4) is 17.2 Å². The highest BCUT2D eigenvalue weighted by Gasteiger charge is 2.22. The van der Waals surface area contributed by atoms with Crippen LogP contribution in [0.5, 0.6) is 17.2 Å². The van der Waals surface area contributed by atoms with E-state index in [1.165, 1.54) is 19.3 Å². The fourth-order valence-corrected chi connectivity index (χ4v) is 3.31. The van der Waals surface area contributed by atoms with Gasteiger partial charge in [0.15, 0.2) is 11.5 Å². The number of nitrogens with one attached hydrogen (secondary N) is 1. The number of ether oxygens (including phenoxy) is 3. The summed E-state index contributed by atoms with van der Waals surface area (Å²) >= 11 is 0. The smallest absolute Gasteiger partial charge is 0.203 e. The first-order valence-electron chi connectivity index (χ1n) is 8.38. The number of benzene rings is 1. The van der Waals surface area contributed by atoms with E-state index in [0.29, 0.717) is 11.5 Å². The Balaban J connectivity index is 2.01. The van der Waals surface area contributed by atoms with Crippen molar-refractivity contribution < 1.29 is 14.2 Å². The molecule has 130 valence electrons. The highest BCUT2D eigenvalue weighted by Crippen LogP contribution is 2.40. The van der Waals surface area contributed by atoms with E-state index < -0.39 is 0 Å². The third kappa shape index (κ3) is 4.52. The second-order valence-corrected chi connectivity index (χ2v) is 6.11. The van der Waals surface area contributed by atoms with Gasteiger partial charge in [-0.05, 0) is 57.9 Å². The van der Waals surface area contributed by atoms with E-state index in [4.69, 9.17) is 14.2 Å². The third-order valence-electron chi connectivity index (χ3n) is 4.69. The van der Waals surface area contributed by atoms with Crippen LogP contribution in [0.3, 0.4) is 0 Å². The molecule has 1 aliphatic rings. The van der Waals surface area contributed by atoms with E-state index in [0.717, 1.165) is 43.4 Å². The van der Waals surface area contributed by atoms with Crippen LogP contribution in [-0.2, 0) is 6.54 Å². The molecule has 0 aromatic heterocycles. The van der Waals surface area contributed by atoms with Crippen LogP contribution in [0.2, 0.25) is 0 Å². The fourth-order valence-electron chi connectivity index (χ4n) is 3.31. The molecule has 1 fully saturated rings. The van der Waals surface area contributed by atoms with Crippen LogP contribution in [0, 0.1) is 5.92 Å². The quantitative estimate of drug-likeness (QED) is 0.797. The molecule has 0 amide bonds. The fraction of sp³-hybridized carbons (Fsp3) is 0.667. The SMILES string of the molecule is CNCCC1CCN(Cc2ccc(OC)c(OC)c2OC)CC1. The van der Waals surface area contributed by atoms with Gasteiger partial charge in [-0.25, -0.2) is 0 Å².